The van der Waals surface area contributed by atoms with Crippen LogP contribution in [0.5, 0.6) is 5.75 Å². The van der Waals surface area contributed by atoms with Crippen LogP contribution < -0.4 is 10.1 Å². The van der Waals surface area contributed by atoms with E-state index >= 15 is 0 Å². The number of aryl methyl sites for hydroxylation is 1. The minimum Gasteiger partial charge on any atom is -0.497 e. The van der Waals surface area contributed by atoms with Gasteiger partial charge in [-0.05, 0) is 60.9 Å². The minimum atomic E-state index is -0.420. The molecule has 5 nitrogen and oxygen atoms in total. The van der Waals surface area contributed by atoms with Gasteiger partial charge in [0.05, 0.1) is 18.6 Å². The summed E-state index contributed by atoms with van der Waals surface area (Å²) in [6.07, 6.45) is 1.16. The number of dihydropyridines is 1. The van der Waals surface area contributed by atoms with Crippen molar-refractivity contribution in [3.05, 3.63) is 110 Å². The summed E-state index contributed by atoms with van der Waals surface area (Å²) in [7, 11) is 1.61. The molecular formula is C30H29NO4S. The zero-order valence-corrected chi connectivity index (χ0v) is 21.5. The summed E-state index contributed by atoms with van der Waals surface area (Å²) >= 11 is 1.56. The molecule has 2 atom stereocenters. The first-order chi connectivity index (χ1) is 17.4. The number of benzene rings is 2. The molecule has 0 bridgehead atoms. The largest absolute Gasteiger partial charge is 0.497 e. The molecule has 2 aliphatic rings. The van der Waals surface area contributed by atoms with Crippen LogP contribution >= 0.6 is 11.3 Å². The summed E-state index contributed by atoms with van der Waals surface area (Å²) in [5.74, 6) is 0.118. The quantitative estimate of drug-likeness (QED) is 0.411. The van der Waals surface area contributed by atoms with Crippen LogP contribution in [-0.2, 0) is 20.9 Å². The molecule has 1 aliphatic heterocycles. The number of carbonyl (C=O) groups is 2. The highest BCUT2D eigenvalue weighted by atomic mass is 32.1. The summed E-state index contributed by atoms with van der Waals surface area (Å²) in [5.41, 5.74) is 6.10. The number of ketones is 1. The van der Waals surface area contributed by atoms with Gasteiger partial charge in [0.25, 0.3) is 0 Å². The van der Waals surface area contributed by atoms with E-state index in [1.54, 1.807) is 18.4 Å². The van der Waals surface area contributed by atoms with Crippen LogP contribution in [0.4, 0.5) is 0 Å². The highest BCUT2D eigenvalue weighted by Gasteiger charge is 2.41. The predicted molar refractivity (Wildman–Crippen MR) is 141 cm³/mol. The Morgan fingerprint density at radius 3 is 2.44 bits per heavy atom. The average Bonchev–Trinajstić information content (AvgIpc) is 3.42. The summed E-state index contributed by atoms with van der Waals surface area (Å²) < 4.78 is 11.0. The fourth-order valence-electron chi connectivity index (χ4n) is 5.07. The van der Waals surface area contributed by atoms with E-state index in [0.717, 1.165) is 34.0 Å². The summed E-state index contributed by atoms with van der Waals surface area (Å²) in [6.45, 7) is 4.11. The van der Waals surface area contributed by atoms with Crippen LogP contribution in [0, 0.1) is 6.92 Å². The van der Waals surface area contributed by atoms with Gasteiger partial charge in [0, 0.05) is 28.3 Å². The van der Waals surface area contributed by atoms with Gasteiger partial charge in [-0.2, -0.15) is 0 Å². The Morgan fingerprint density at radius 1 is 1.03 bits per heavy atom. The molecule has 1 N–H and O–H groups in total. The number of nitrogens with one attached hydrogen (secondary N) is 1. The van der Waals surface area contributed by atoms with Crippen molar-refractivity contribution in [3.8, 4) is 5.75 Å². The molecule has 5 rings (SSSR count). The fourth-order valence-corrected chi connectivity index (χ4v) is 5.92. The first kappa shape index (κ1) is 24.1. The van der Waals surface area contributed by atoms with Gasteiger partial charge in [-0.25, -0.2) is 4.79 Å². The van der Waals surface area contributed by atoms with Crippen molar-refractivity contribution in [2.45, 2.75) is 45.1 Å². The smallest absolute Gasteiger partial charge is 0.337 e. The predicted octanol–water partition coefficient (Wildman–Crippen LogP) is 6.17. The van der Waals surface area contributed by atoms with E-state index in [0.29, 0.717) is 17.6 Å². The second kappa shape index (κ2) is 10.2. The van der Waals surface area contributed by atoms with Crippen molar-refractivity contribution in [1.29, 1.82) is 0 Å². The molecule has 0 radical (unpaired) electrons. The Balaban J connectivity index is 1.43. The third-order valence-corrected chi connectivity index (χ3v) is 7.89. The van der Waals surface area contributed by atoms with Gasteiger partial charge >= 0.3 is 5.97 Å². The highest BCUT2D eigenvalue weighted by molar-refractivity contribution is 7.10. The van der Waals surface area contributed by atoms with Crippen LogP contribution in [0.25, 0.3) is 0 Å². The van der Waals surface area contributed by atoms with Gasteiger partial charge in [-0.1, -0.05) is 48.0 Å². The second-order valence-corrected chi connectivity index (χ2v) is 10.3. The Labute approximate surface area is 215 Å². The van der Waals surface area contributed by atoms with Crippen molar-refractivity contribution in [2.24, 2.45) is 0 Å². The van der Waals surface area contributed by atoms with Crippen LogP contribution in [0.1, 0.15) is 53.2 Å². The Kier molecular flexibility index (Phi) is 6.79. The molecule has 2 aromatic carbocycles. The molecule has 0 amide bonds. The van der Waals surface area contributed by atoms with Crippen molar-refractivity contribution < 1.29 is 19.1 Å². The van der Waals surface area contributed by atoms with Gasteiger partial charge in [0.1, 0.15) is 12.4 Å². The molecule has 1 aliphatic carbocycles. The molecule has 1 aromatic heterocycles. The van der Waals surface area contributed by atoms with E-state index in [1.165, 1.54) is 11.1 Å². The normalized spacial score (nSPS) is 19.6. The molecule has 0 unspecified atom stereocenters. The molecule has 2 heterocycles. The summed E-state index contributed by atoms with van der Waals surface area (Å²) in [5, 5.41) is 5.40. The number of hydrogen-bond donors (Lipinski definition) is 1. The third-order valence-electron chi connectivity index (χ3n) is 6.95. The van der Waals surface area contributed by atoms with Gasteiger partial charge in [0.15, 0.2) is 5.78 Å². The van der Waals surface area contributed by atoms with Crippen molar-refractivity contribution in [1.82, 2.24) is 5.32 Å². The molecule has 0 saturated heterocycles. The summed E-state index contributed by atoms with van der Waals surface area (Å²) in [6, 6.07) is 19.8. The van der Waals surface area contributed by atoms with Gasteiger partial charge < -0.3 is 14.8 Å². The maximum absolute atomic E-state index is 13.6. The van der Waals surface area contributed by atoms with E-state index in [2.05, 4.69) is 36.5 Å². The Hall–Kier alpha value is -3.64. The van der Waals surface area contributed by atoms with E-state index in [4.69, 9.17) is 9.47 Å². The lowest BCUT2D eigenvalue weighted by Gasteiger charge is -2.36. The topological polar surface area (TPSA) is 64.6 Å². The average molecular weight is 500 g/mol. The van der Waals surface area contributed by atoms with Gasteiger partial charge in [-0.3, -0.25) is 4.79 Å². The molecule has 6 heteroatoms. The number of hydrogen-bond acceptors (Lipinski definition) is 6. The number of esters is 1. The highest BCUT2D eigenvalue weighted by Crippen LogP contribution is 2.46. The third kappa shape index (κ3) is 4.73. The minimum absolute atomic E-state index is 0.0840. The molecule has 184 valence electrons. The first-order valence-electron chi connectivity index (χ1n) is 12.1. The maximum atomic E-state index is 13.6. The molecule has 3 aromatic rings. The number of thiophene rings is 1. The fraction of sp³-hybridized carbons (Fsp3) is 0.267. The van der Waals surface area contributed by atoms with Crippen molar-refractivity contribution in [2.75, 3.05) is 7.11 Å². The second-order valence-electron chi connectivity index (χ2n) is 9.37. The van der Waals surface area contributed by atoms with Crippen LogP contribution in [0.15, 0.2) is 88.6 Å². The molecule has 0 fully saturated rings. The van der Waals surface area contributed by atoms with E-state index in [-0.39, 0.29) is 18.3 Å². The number of methoxy groups -OCH3 is 1. The number of rotatable bonds is 6. The van der Waals surface area contributed by atoms with Crippen LogP contribution in [-0.4, -0.2) is 18.9 Å². The van der Waals surface area contributed by atoms with Gasteiger partial charge in [-0.15, -0.1) is 11.3 Å². The van der Waals surface area contributed by atoms with E-state index in [9.17, 15) is 9.59 Å². The summed E-state index contributed by atoms with van der Waals surface area (Å²) in [4.78, 5) is 28.0. The van der Waals surface area contributed by atoms with E-state index < -0.39 is 11.9 Å². The zero-order valence-electron chi connectivity index (χ0n) is 20.7. The molecule has 0 saturated carbocycles. The lowest BCUT2D eigenvalue weighted by atomic mass is 9.73. The number of carbonyl (C=O) groups excluding carboxylic acids is 2. The van der Waals surface area contributed by atoms with Crippen LogP contribution in [0.3, 0.4) is 0 Å². The number of ether oxygens (including phenoxy) is 2. The number of allylic oxidation sites excluding steroid dienone is 3. The van der Waals surface area contributed by atoms with Gasteiger partial charge in [0.2, 0.25) is 0 Å². The Bertz CT molecular complexity index is 1330. The lowest BCUT2D eigenvalue weighted by Crippen LogP contribution is -2.35. The first-order valence-corrected chi connectivity index (χ1v) is 13.0. The number of Topliss-reactive ketones (excluding diaryl/α,β-unsaturated/α-hetero) is 1. The standard InChI is InChI=1S/C30H29NO4S/c1-18-6-10-21(11-7-18)22-15-24-28(25(32)16-22)29(26-5-4-14-36-26)27(19(2)31-24)30(33)35-17-20-8-12-23(34-3)13-9-20/h4-14,22,29,31H,15-17H2,1-3H3/t22-,29-/m0/s1. The molecular weight excluding hydrogens is 470 g/mol. The molecule has 36 heavy (non-hydrogen) atoms. The lowest BCUT2D eigenvalue weighted by molar-refractivity contribution is -0.140. The van der Waals surface area contributed by atoms with Crippen molar-refractivity contribution >= 4 is 23.1 Å². The zero-order chi connectivity index (χ0) is 25.2. The molecule has 0 spiro atoms. The van der Waals surface area contributed by atoms with E-state index in [1.807, 2.05) is 48.7 Å². The SMILES string of the molecule is COc1ccc(COC(=O)C2=C(C)NC3=C(C(=O)C[C@@H](c4ccc(C)cc4)C3)[C@H]2c2cccs2)cc1. The maximum Gasteiger partial charge on any atom is 0.337 e. The van der Waals surface area contributed by atoms with Crippen molar-refractivity contribution in [3.63, 3.8) is 0 Å². The van der Waals surface area contributed by atoms with Crippen LogP contribution in [0.2, 0.25) is 0 Å². The monoisotopic (exact) mass is 499 g/mol. The Morgan fingerprint density at radius 2 is 1.78 bits per heavy atom.